The maximum Gasteiger partial charge on any atom is 0.239 e. The minimum atomic E-state index is -0.215. The van der Waals surface area contributed by atoms with Crippen LogP contribution in [0.25, 0.3) is 0 Å². The molecule has 3 unspecified atom stereocenters. The van der Waals surface area contributed by atoms with Crippen molar-refractivity contribution in [2.24, 2.45) is 11.7 Å². The molecule has 0 aromatic rings. The van der Waals surface area contributed by atoms with Crippen molar-refractivity contribution in [2.45, 2.75) is 44.7 Å². The number of likely N-dealkylation sites (tertiary alicyclic amines) is 1. The van der Waals surface area contributed by atoms with E-state index in [9.17, 15) is 4.79 Å². The molecule has 1 aliphatic heterocycles. The van der Waals surface area contributed by atoms with Crippen LogP contribution in [0.5, 0.6) is 0 Å². The fourth-order valence-corrected chi connectivity index (χ4v) is 2.64. The number of hydrogen-bond acceptors (Lipinski definition) is 2. The molecule has 1 amide bonds. The number of hydrogen-bond donors (Lipinski definition) is 1. The number of rotatable bonds is 1. The molecule has 0 aromatic carbocycles. The molecule has 2 aliphatic rings. The zero-order valence-electron chi connectivity index (χ0n) is 8.20. The van der Waals surface area contributed by atoms with Gasteiger partial charge in [0.15, 0.2) is 0 Å². The minimum absolute atomic E-state index is 0.179. The third kappa shape index (κ3) is 1.46. The van der Waals surface area contributed by atoms with Crippen molar-refractivity contribution in [1.29, 1.82) is 0 Å². The van der Waals surface area contributed by atoms with Gasteiger partial charge >= 0.3 is 0 Å². The molecule has 1 saturated carbocycles. The first kappa shape index (κ1) is 9.00. The largest absolute Gasteiger partial charge is 0.338 e. The summed E-state index contributed by atoms with van der Waals surface area (Å²) in [6.45, 7) is 3.13. The van der Waals surface area contributed by atoms with Crippen molar-refractivity contribution in [3.63, 3.8) is 0 Å². The van der Waals surface area contributed by atoms with E-state index in [0.29, 0.717) is 12.0 Å². The zero-order chi connectivity index (χ0) is 9.42. The van der Waals surface area contributed by atoms with Crippen molar-refractivity contribution in [3.05, 3.63) is 0 Å². The molecule has 3 nitrogen and oxygen atoms in total. The van der Waals surface area contributed by atoms with Gasteiger partial charge in [-0.05, 0) is 25.2 Å². The average Bonchev–Trinajstić information content (AvgIpc) is 2.62. The summed E-state index contributed by atoms with van der Waals surface area (Å²) in [5.41, 5.74) is 5.69. The van der Waals surface area contributed by atoms with Gasteiger partial charge in [0.25, 0.3) is 0 Å². The van der Waals surface area contributed by atoms with Gasteiger partial charge in [0.2, 0.25) is 5.91 Å². The summed E-state index contributed by atoms with van der Waals surface area (Å²) in [6.07, 6.45) is 4.57. The highest BCUT2D eigenvalue weighted by Crippen LogP contribution is 2.31. The Morgan fingerprint density at radius 3 is 2.62 bits per heavy atom. The fourth-order valence-electron chi connectivity index (χ4n) is 2.64. The lowest BCUT2D eigenvalue weighted by molar-refractivity contribution is -0.131. The Hall–Kier alpha value is -0.570. The molecule has 0 spiro atoms. The molecule has 2 rings (SSSR count). The topological polar surface area (TPSA) is 46.3 Å². The Balaban J connectivity index is 2.04. The van der Waals surface area contributed by atoms with Crippen LogP contribution in [-0.2, 0) is 4.79 Å². The van der Waals surface area contributed by atoms with Gasteiger partial charge in [-0.3, -0.25) is 4.79 Å². The van der Waals surface area contributed by atoms with Crippen LogP contribution in [0.3, 0.4) is 0 Å². The summed E-state index contributed by atoms with van der Waals surface area (Å²) >= 11 is 0. The molecule has 3 heteroatoms. The second-order valence-electron chi connectivity index (χ2n) is 4.40. The number of nitrogens with two attached hydrogens (primary N) is 1. The molecule has 1 saturated heterocycles. The van der Waals surface area contributed by atoms with Crippen LogP contribution in [0.15, 0.2) is 0 Å². The van der Waals surface area contributed by atoms with Crippen LogP contribution >= 0.6 is 0 Å². The molecule has 2 fully saturated rings. The van der Waals surface area contributed by atoms with Crippen LogP contribution < -0.4 is 5.73 Å². The van der Waals surface area contributed by atoms with Crippen LogP contribution in [0, 0.1) is 5.92 Å². The van der Waals surface area contributed by atoms with Gasteiger partial charge in [0, 0.05) is 12.6 Å². The molecule has 0 aromatic heterocycles. The third-order valence-electron chi connectivity index (χ3n) is 3.50. The van der Waals surface area contributed by atoms with E-state index in [-0.39, 0.29) is 11.9 Å². The molecule has 74 valence electrons. The molecular formula is C10H18N2O. The van der Waals surface area contributed by atoms with E-state index >= 15 is 0 Å². The summed E-state index contributed by atoms with van der Waals surface area (Å²) in [5, 5.41) is 0. The quantitative estimate of drug-likeness (QED) is 0.650. The number of carbonyl (C=O) groups excluding carboxylic acids is 1. The van der Waals surface area contributed by atoms with E-state index in [2.05, 4.69) is 6.92 Å². The number of carbonyl (C=O) groups is 1. The molecule has 2 N–H and O–H groups in total. The summed E-state index contributed by atoms with van der Waals surface area (Å²) in [4.78, 5) is 13.7. The average molecular weight is 182 g/mol. The Morgan fingerprint density at radius 2 is 2.15 bits per heavy atom. The molecule has 3 atom stereocenters. The summed E-state index contributed by atoms with van der Waals surface area (Å²) in [5.74, 6) is 0.855. The van der Waals surface area contributed by atoms with Crippen LogP contribution in [0.2, 0.25) is 0 Å². The molecule has 1 aliphatic carbocycles. The standard InChI is InChI=1S/C10H18N2O/c1-7-3-2-4-9(7)12-6-5-8(11)10(12)13/h7-9H,2-6,11H2,1H3. The van der Waals surface area contributed by atoms with Gasteiger partial charge < -0.3 is 10.6 Å². The number of amides is 1. The van der Waals surface area contributed by atoms with E-state index in [1.165, 1.54) is 19.3 Å². The van der Waals surface area contributed by atoms with Crippen molar-refractivity contribution in [3.8, 4) is 0 Å². The zero-order valence-corrected chi connectivity index (χ0v) is 8.20. The Bertz CT molecular complexity index is 217. The molecule has 0 radical (unpaired) electrons. The Kier molecular flexibility index (Phi) is 2.28. The van der Waals surface area contributed by atoms with Crippen molar-refractivity contribution in [1.82, 2.24) is 4.90 Å². The van der Waals surface area contributed by atoms with E-state index in [1.807, 2.05) is 4.90 Å². The van der Waals surface area contributed by atoms with Crippen LogP contribution in [-0.4, -0.2) is 29.4 Å². The van der Waals surface area contributed by atoms with Gasteiger partial charge in [-0.25, -0.2) is 0 Å². The lowest BCUT2D eigenvalue weighted by Crippen LogP contribution is -2.41. The van der Waals surface area contributed by atoms with E-state index in [1.54, 1.807) is 0 Å². The first-order valence-electron chi connectivity index (χ1n) is 5.26. The SMILES string of the molecule is CC1CCCC1N1CCC(N)C1=O. The van der Waals surface area contributed by atoms with E-state index in [4.69, 9.17) is 5.73 Å². The predicted molar refractivity (Wildman–Crippen MR) is 51.1 cm³/mol. The summed E-state index contributed by atoms with van der Waals surface area (Å²) in [7, 11) is 0. The minimum Gasteiger partial charge on any atom is -0.338 e. The fraction of sp³-hybridized carbons (Fsp3) is 0.900. The monoisotopic (exact) mass is 182 g/mol. The van der Waals surface area contributed by atoms with Gasteiger partial charge in [-0.1, -0.05) is 13.3 Å². The predicted octanol–water partition coefficient (Wildman–Crippen LogP) is 0.735. The van der Waals surface area contributed by atoms with Crippen molar-refractivity contribution >= 4 is 5.91 Å². The lowest BCUT2D eigenvalue weighted by Gasteiger charge is -2.27. The second-order valence-corrected chi connectivity index (χ2v) is 4.40. The Morgan fingerprint density at radius 1 is 1.38 bits per heavy atom. The van der Waals surface area contributed by atoms with Crippen molar-refractivity contribution in [2.75, 3.05) is 6.54 Å². The van der Waals surface area contributed by atoms with Crippen molar-refractivity contribution < 1.29 is 4.79 Å². The van der Waals surface area contributed by atoms with Gasteiger partial charge in [-0.2, -0.15) is 0 Å². The van der Waals surface area contributed by atoms with E-state index in [0.717, 1.165) is 13.0 Å². The smallest absolute Gasteiger partial charge is 0.239 e. The van der Waals surface area contributed by atoms with Crippen LogP contribution in [0.1, 0.15) is 32.6 Å². The Labute approximate surface area is 79.3 Å². The summed E-state index contributed by atoms with van der Waals surface area (Å²) < 4.78 is 0. The van der Waals surface area contributed by atoms with Gasteiger partial charge in [0.1, 0.15) is 0 Å². The van der Waals surface area contributed by atoms with E-state index < -0.39 is 0 Å². The lowest BCUT2D eigenvalue weighted by atomic mass is 10.1. The highest BCUT2D eigenvalue weighted by Gasteiger charge is 2.37. The summed E-state index contributed by atoms with van der Waals surface area (Å²) in [6, 6.07) is 0.272. The highest BCUT2D eigenvalue weighted by atomic mass is 16.2. The maximum atomic E-state index is 11.6. The molecule has 13 heavy (non-hydrogen) atoms. The molecular weight excluding hydrogens is 164 g/mol. The normalized spacial score (nSPS) is 40.3. The van der Waals surface area contributed by atoms with Gasteiger partial charge in [-0.15, -0.1) is 0 Å². The van der Waals surface area contributed by atoms with Crippen LogP contribution in [0.4, 0.5) is 0 Å². The first-order valence-corrected chi connectivity index (χ1v) is 5.26. The first-order chi connectivity index (χ1) is 6.20. The molecule has 0 bridgehead atoms. The maximum absolute atomic E-state index is 11.6. The second kappa shape index (κ2) is 3.29. The number of nitrogens with zero attached hydrogens (tertiary/aromatic N) is 1. The highest BCUT2D eigenvalue weighted by molar-refractivity contribution is 5.84. The molecule has 1 heterocycles. The third-order valence-corrected chi connectivity index (χ3v) is 3.50. The van der Waals surface area contributed by atoms with Gasteiger partial charge in [0.05, 0.1) is 6.04 Å².